The summed E-state index contributed by atoms with van der Waals surface area (Å²) in [6.07, 6.45) is 3.41. The highest BCUT2D eigenvalue weighted by Gasteiger charge is 2.13. The van der Waals surface area contributed by atoms with E-state index in [1.165, 1.54) is 31.0 Å². The highest BCUT2D eigenvalue weighted by Crippen LogP contribution is 2.34. The third-order valence-electron chi connectivity index (χ3n) is 1.82. The summed E-state index contributed by atoms with van der Waals surface area (Å²) in [5.74, 6) is -0.614. The molecule has 0 bridgehead atoms. The Labute approximate surface area is 107 Å². The zero-order valence-electron chi connectivity index (χ0n) is 9.12. The van der Waals surface area contributed by atoms with Crippen LogP contribution in [-0.2, 0) is 0 Å². The van der Waals surface area contributed by atoms with Crippen molar-refractivity contribution in [2.75, 3.05) is 13.4 Å². The monoisotopic (exact) mass is 273 g/mol. The first kappa shape index (κ1) is 13.6. The van der Waals surface area contributed by atoms with Gasteiger partial charge in [-0.15, -0.1) is 0 Å². The van der Waals surface area contributed by atoms with Crippen LogP contribution in [0.3, 0.4) is 0 Å². The van der Waals surface area contributed by atoms with Crippen molar-refractivity contribution < 1.29 is 9.13 Å². The van der Waals surface area contributed by atoms with Crippen LogP contribution in [0.1, 0.15) is 0 Å². The first-order chi connectivity index (χ1) is 8.13. The molecule has 0 amide bonds. The van der Waals surface area contributed by atoms with Crippen molar-refractivity contribution in [2.45, 2.75) is 0 Å². The van der Waals surface area contributed by atoms with Gasteiger partial charge in [0.2, 0.25) is 0 Å². The van der Waals surface area contributed by atoms with Crippen molar-refractivity contribution in [3.05, 3.63) is 23.0 Å². The number of methoxy groups -OCH3 is 1. The number of hydrogen-bond acceptors (Lipinski definition) is 4. The van der Waals surface area contributed by atoms with Gasteiger partial charge in [-0.3, -0.25) is 5.32 Å². The lowest BCUT2D eigenvalue weighted by Crippen LogP contribution is -2.12. The van der Waals surface area contributed by atoms with Crippen LogP contribution < -0.4 is 10.1 Å². The van der Waals surface area contributed by atoms with Crippen LogP contribution in [0.4, 0.5) is 10.1 Å². The van der Waals surface area contributed by atoms with Gasteiger partial charge in [0, 0.05) is 0 Å². The van der Waals surface area contributed by atoms with Gasteiger partial charge in [-0.25, -0.2) is 9.38 Å². The third-order valence-corrected chi connectivity index (χ3v) is 2.71. The number of nitriles is 1. The van der Waals surface area contributed by atoms with E-state index in [2.05, 4.69) is 10.3 Å². The number of nitrogens with one attached hydrogen (secondary N) is 1. The largest absolute Gasteiger partial charge is 0.494 e. The molecule has 0 aliphatic rings. The van der Waals surface area contributed by atoms with Crippen molar-refractivity contribution in [3.63, 3.8) is 0 Å². The fourth-order valence-corrected chi connectivity index (χ4v) is 1.58. The first-order valence-electron chi connectivity index (χ1n) is 4.43. The molecule has 4 nitrogen and oxygen atoms in total. The lowest BCUT2D eigenvalue weighted by atomic mass is 10.3. The number of ether oxygens (including phenoxy) is 1. The second kappa shape index (κ2) is 6.33. The minimum atomic E-state index is -0.661. The molecule has 1 rings (SSSR count). The molecule has 90 valence electrons. The molecule has 1 N–H and O–H groups in total. The van der Waals surface area contributed by atoms with Gasteiger partial charge >= 0.3 is 0 Å². The third kappa shape index (κ3) is 3.25. The van der Waals surface area contributed by atoms with Crippen LogP contribution in [-0.4, -0.2) is 18.5 Å². The summed E-state index contributed by atoms with van der Waals surface area (Å²) >= 11 is 7.01. The average Bonchev–Trinajstić information content (AvgIpc) is 2.33. The highest BCUT2D eigenvalue weighted by atomic mass is 35.5. The van der Waals surface area contributed by atoms with Crippen LogP contribution in [0.25, 0.3) is 0 Å². The Morgan fingerprint density at radius 2 is 2.35 bits per heavy atom. The van der Waals surface area contributed by atoms with E-state index in [1.807, 2.05) is 0 Å². The Hall–Kier alpha value is -1.45. The van der Waals surface area contributed by atoms with E-state index >= 15 is 0 Å². The number of benzene rings is 1. The van der Waals surface area contributed by atoms with Gasteiger partial charge in [-0.1, -0.05) is 23.4 Å². The van der Waals surface area contributed by atoms with Gasteiger partial charge in [0.15, 0.2) is 22.9 Å². The van der Waals surface area contributed by atoms with Crippen LogP contribution >= 0.6 is 23.4 Å². The van der Waals surface area contributed by atoms with Crippen molar-refractivity contribution in [2.24, 2.45) is 4.99 Å². The summed E-state index contributed by atoms with van der Waals surface area (Å²) in [5.41, 5.74) is -0.0573. The summed E-state index contributed by atoms with van der Waals surface area (Å²) < 4.78 is 18.7. The summed E-state index contributed by atoms with van der Waals surface area (Å²) in [5, 5.41) is 11.2. The van der Waals surface area contributed by atoms with E-state index in [1.54, 1.807) is 12.4 Å². The van der Waals surface area contributed by atoms with Crippen molar-refractivity contribution in [1.29, 1.82) is 5.26 Å². The normalized spacial score (nSPS) is 10.9. The number of hydrogen-bond donors (Lipinski definition) is 1. The Balaban J connectivity index is 3.26. The summed E-state index contributed by atoms with van der Waals surface area (Å²) in [6.45, 7) is 0. The predicted molar refractivity (Wildman–Crippen MR) is 67.3 cm³/mol. The molecule has 0 saturated carbocycles. The molecule has 0 aliphatic heterocycles. The molecule has 0 radical (unpaired) electrons. The highest BCUT2D eigenvalue weighted by molar-refractivity contribution is 8.13. The van der Waals surface area contributed by atoms with Crippen molar-refractivity contribution in [1.82, 2.24) is 5.32 Å². The maximum atomic E-state index is 13.8. The number of halogens is 2. The summed E-state index contributed by atoms with van der Waals surface area (Å²) in [6, 6.07) is 2.89. The number of thioether (sulfide) groups is 1. The Kier molecular flexibility index (Phi) is 5.07. The van der Waals surface area contributed by atoms with Crippen LogP contribution in [0.2, 0.25) is 5.02 Å². The molecule has 0 heterocycles. The fourth-order valence-electron chi connectivity index (χ4n) is 1.06. The molecular formula is C10H9ClFN3OS. The second-order valence-electron chi connectivity index (χ2n) is 2.77. The number of rotatable bonds is 2. The molecule has 0 saturated heterocycles. The maximum absolute atomic E-state index is 13.8. The molecule has 0 unspecified atom stereocenters. The molecule has 0 spiro atoms. The molecule has 0 aromatic heterocycles. The van der Waals surface area contributed by atoms with Gasteiger partial charge in [-0.2, -0.15) is 5.26 Å². The molecule has 1 aromatic rings. The Bertz CT molecular complexity index is 487. The van der Waals surface area contributed by atoms with Gasteiger partial charge < -0.3 is 4.74 Å². The Morgan fingerprint density at radius 3 is 2.88 bits per heavy atom. The van der Waals surface area contributed by atoms with E-state index in [-0.39, 0.29) is 21.6 Å². The minimum absolute atomic E-state index is 0.0468. The lowest BCUT2D eigenvalue weighted by molar-refractivity contribution is 0.387. The number of aliphatic imine (C=N–C) groups is 1. The molecule has 0 aliphatic carbocycles. The second-order valence-corrected chi connectivity index (χ2v) is 3.97. The van der Waals surface area contributed by atoms with Gasteiger partial charge in [0.05, 0.1) is 12.1 Å². The standard InChI is InChI=1S/C10H9ClFN3OS/c1-16-7-4-3-6(11)9(8(7)12)15-10(17-2)14-5-13/h3-4H,1-2H3,(H,14,15). The molecule has 17 heavy (non-hydrogen) atoms. The smallest absolute Gasteiger partial charge is 0.192 e. The molecule has 1 aromatic carbocycles. The van der Waals surface area contributed by atoms with E-state index in [4.69, 9.17) is 21.6 Å². The maximum Gasteiger partial charge on any atom is 0.192 e. The topological polar surface area (TPSA) is 57.4 Å². The van der Waals surface area contributed by atoms with Gasteiger partial charge in [0.25, 0.3) is 0 Å². The number of nitrogens with zero attached hydrogens (tertiary/aromatic N) is 2. The van der Waals surface area contributed by atoms with Crippen LogP contribution in [0, 0.1) is 17.3 Å². The van der Waals surface area contributed by atoms with Crippen LogP contribution in [0.5, 0.6) is 5.75 Å². The minimum Gasteiger partial charge on any atom is -0.494 e. The van der Waals surface area contributed by atoms with Gasteiger partial charge in [-0.05, 0) is 18.4 Å². The summed E-state index contributed by atoms with van der Waals surface area (Å²) in [7, 11) is 1.35. The van der Waals surface area contributed by atoms with E-state index in [9.17, 15) is 4.39 Å². The first-order valence-corrected chi connectivity index (χ1v) is 6.04. The SMILES string of the molecule is COc1ccc(Cl)c(N=C(NC#N)SC)c1F. The summed E-state index contributed by atoms with van der Waals surface area (Å²) in [4.78, 5) is 3.93. The molecule has 0 atom stereocenters. The van der Waals surface area contributed by atoms with Crippen LogP contribution in [0.15, 0.2) is 17.1 Å². The molecule has 7 heteroatoms. The average molecular weight is 274 g/mol. The molecule has 0 fully saturated rings. The lowest BCUT2D eigenvalue weighted by Gasteiger charge is -2.07. The van der Waals surface area contributed by atoms with Crippen molar-refractivity contribution >= 4 is 34.2 Å². The Morgan fingerprint density at radius 1 is 1.65 bits per heavy atom. The zero-order valence-corrected chi connectivity index (χ0v) is 10.7. The molecular weight excluding hydrogens is 265 g/mol. The van der Waals surface area contributed by atoms with Gasteiger partial charge in [0.1, 0.15) is 5.69 Å². The van der Waals surface area contributed by atoms with E-state index < -0.39 is 5.82 Å². The van der Waals surface area contributed by atoms with E-state index in [0.29, 0.717) is 0 Å². The zero-order chi connectivity index (χ0) is 12.8. The quantitative estimate of drug-likeness (QED) is 0.390. The fraction of sp³-hybridized carbons (Fsp3) is 0.200. The van der Waals surface area contributed by atoms with Crippen molar-refractivity contribution in [3.8, 4) is 11.9 Å². The number of amidine groups is 1. The predicted octanol–water partition coefficient (Wildman–Crippen LogP) is 2.91. The van der Waals surface area contributed by atoms with E-state index in [0.717, 1.165) is 0 Å².